The Labute approximate surface area is 96.4 Å². The van der Waals surface area contributed by atoms with E-state index in [4.69, 9.17) is 10.4 Å². The first kappa shape index (κ1) is 13.1. The van der Waals surface area contributed by atoms with Crippen LogP contribution in [0.3, 0.4) is 0 Å². The fourth-order valence-corrected chi connectivity index (χ4v) is 1.32. The van der Waals surface area contributed by atoms with Crippen LogP contribution in [0.2, 0.25) is 0 Å². The van der Waals surface area contributed by atoms with Gasteiger partial charge in [-0.25, -0.2) is 9.18 Å². The van der Waals surface area contributed by atoms with Crippen LogP contribution < -0.4 is 0 Å². The van der Waals surface area contributed by atoms with Crippen molar-refractivity contribution in [1.29, 1.82) is 5.26 Å². The van der Waals surface area contributed by atoms with Crippen LogP contribution in [0.1, 0.15) is 28.4 Å². The number of carboxylic acid groups (broad SMARTS) is 1. The summed E-state index contributed by atoms with van der Waals surface area (Å²) in [6.45, 7) is 0. The van der Waals surface area contributed by atoms with Crippen molar-refractivity contribution < 1.29 is 24.5 Å². The number of aliphatic hydroxyl groups is 2. The summed E-state index contributed by atoms with van der Waals surface area (Å²) < 4.78 is 13.1. The first-order chi connectivity index (χ1) is 7.97. The van der Waals surface area contributed by atoms with Crippen LogP contribution in [0.5, 0.6) is 0 Å². The molecule has 0 aliphatic carbocycles. The molecule has 1 rings (SSSR count). The smallest absolute Gasteiger partial charge is 0.338 e. The van der Waals surface area contributed by atoms with E-state index in [2.05, 4.69) is 0 Å². The van der Waals surface area contributed by atoms with Crippen LogP contribution >= 0.6 is 0 Å². The Balaban J connectivity index is 3.04. The third-order valence-electron chi connectivity index (χ3n) is 2.23. The molecule has 1 aromatic carbocycles. The second-order valence-electron chi connectivity index (χ2n) is 3.42. The zero-order valence-electron chi connectivity index (χ0n) is 8.67. The van der Waals surface area contributed by atoms with E-state index in [0.717, 1.165) is 18.2 Å². The monoisotopic (exact) mass is 239 g/mol. The standard InChI is InChI=1S/C11H10FNO4/c12-8-2-1-6(5-7(8)11(16)17)10(15)9(14)3-4-13/h1-2,5,9-10,14-15H,3H2,(H,16,17). The highest BCUT2D eigenvalue weighted by molar-refractivity contribution is 5.88. The molecule has 0 radical (unpaired) electrons. The van der Waals surface area contributed by atoms with Crippen molar-refractivity contribution in [3.63, 3.8) is 0 Å². The fraction of sp³-hybridized carbons (Fsp3) is 0.273. The normalized spacial score (nSPS) is 13.8. The van der Waals surface area contributed by atoms with Crippen LogP contribution in [0.15, 0.2) is 18.2 Å². The lowest BCUT2D eigenvalue weighted by atomic mass is 10.0. The van der Waals surface area contributed by atoms with E-state index in [1.807, 2.05) is 0 Å². The van der Waals surface area contributed by atoms with Crippen molar-refractivity contribution in [2.75, 3.05) is 0 Å². The minimum atomic E-state index is -1.47. The molecule has 0 saturated carbocycles. The van der Waals surface area contributed by atoms with Crippen LogP contribution in [0.4, 0.5) is 4.39 Å². The van der Waals surface area contributed by atoms with Crippen molar-refractivity contribution in [2.24, 2.45) is 0 Å². The Morgan fingerprint density at radius 2 is 2.12 bits per heavy atom. The molecule has 6 heteroatoms. The number of hydrogen-bond acceptors (Lipinski definition) is 4. The summed E-state index contributed by atoms with van der Waals surface area (Å²) in [5.74, 6) is -2.39. The van der Waals surface area contributed by atoms with Gasteiger partial charge in [0.1, 0.15) is 11.9 Å². The quantitative estimate of drug-likeness (QED) is 0.722. The third kappa shape index (κ3) is 3.00. The topological polar surface area (TPSA) is 102 Å². The molecule has 5 nitrogen and oxygen atoms in total. The number of carbonyl (C=O) groups is 1. The van der Waals surface area contributed by atoms with E-state index in [1.165, 1.54) is 0 Å². The van der Waals surface area contributed by atoms with Crippen molar-refractivity contribution in [2.45, 2.75) is 18.6 Å². The van der Waals surface area contributed by atoms with Crippen LogP contribution in [0.25, 0.3) is 0 Å². The minimum Gasteiger partial charge on any atom is -0.478 e. The molecule has 0 saturated heterocycles. The van der Waals surface area contributed by atoms with Gasteiger partial charge in [-0.1, -0.05) is 6.07 Å². The maximum atomic E-state index is 13.1. The summed E-state index contributed by atoms with van der Waals surface area (Å²) in [4.78, 5) is 10.7. The number of halogens is 1. The van der Waals surface area contributed by atoms with Crippen molar-refractivity contribution in [1.82, 2.24) is 0 Å². The summed E-state index contributed by atoms with van der Waals surface area (Å²) in [6, 6.07) is 4.65. The Bertz CT molecular complexity index is 469. The van der Waals surface area contributed by atoms with E-state index >= 15 is 0 Å². The van der Waals surface area contributed by atoms with Gasteiger partial charge < -0.3 is 15.3 Å². The predicted octanol–water partition coefficient (Wildman–Crippen LogP) is 0.832. The number of aromatic carboxylic acids is 1. The van der Waals surface area contributed by atoms with Gasteiger partial charge >= 0.3 is 5.97 Å². The number of carboxylic acids is 1. The van der Waals surface area contributed by atoms with E-state index in [0.29, 0.717) is 0 Å². The molecular weight excluding hydrogens is 229 g/mol. The molecule has 17 heavy (non-hydrogen) atoms. The molecule has 0 aromatic heterocycles. The number of hydrogen-bond donors (Lipinski definition) is 3. The Morgan fingerprint density at radius 1 is 1.47 bits per heavy atom. The average molecular weight is 239 g/mol. The van der Waals surface area contributed by atoms with Crippen LogP contribution in [-0.2, 0) is 0 Å². The van der Waals surface area contributed by atoms with Crippen LogP contribution in [-0.4, -0.2) is 27.4 Å². The zero-order chi connectivity index (χ0) is 13.0. The molecule has 90 valence electrons. The highest BCUT2D eigenvalue weighted by Crippen LogP contribution is 2.21. The largest absolute Gasteiger partial charge is 0.478 e. The molecule has 0 fully saturated rings. The molecule has 2 unspecified atom stereocenters. The molecule has 1 aromatic rings. The summed E-state index contributed by atoms with van der Waals surface area (Å²) in [6.07, 6.45) is -3.07. The maximum absolute atomic E-state index is 13.1. The lowest BCUT2D eigenvalue weighted by Crippen LogP contribution is -2.18. The molecule has 0 aliphatic heterocycles. The second-order valence-corrected chi connectivity index (χ2v) is 3.42. The first-order valence-corrected chi connectivity index (χ1v) is 4.73. The molecule has 0 bridgehead atoms. The Morgan fingerprint density at radius 3 is 2.65 bits per heavy atom. The summed E-state index contributed by atoms with van der Waals surface area (Å²) >= 11 is 0. The van der Waals surface area contributed by atoms with E-state index in [1.54, 1.807) is 6.07 Å². The number of nitriles is 1. The van der Waals surface area contributed by atoms with E-state index < -0.39 is 29.6 Å². The molecular formula is C11H10FNO4. The molecule has 2 atom stereocenters. The Kier molecular flexibility index (Phi) is 4.15. The SMILES string of the molecule is N#CCC(O)C(O)c1ccc(F)c(C(=O)O)c1. The highest BCUT2D eigenvalue weighted by Gasteiger charge is 2.20. The van der Waals surface area contributed by atoms with Gasteiger partial charge in [-0.3, -0.25) is 0 Å². The first-order valence-electron chi connectivity index (χ1n) is 4.73. The van der Waals surface area contributed by atoms with Crippen LogP contribution in [0, 0.1) is 17.1 Å². The third-order valence-corrected chi connectivity index (χ3v) is 2.23. The predicted molar refractivity (Wildman–Crippen MR) is 54.6 cm³/mol. The molecule has 0 aliphatic rings. The molecule has 0 spiro atoms. The Hall–Kier alpha value is -1.97. The van der Waals surface area contributed by atoms with Gasteiger partial charge in [0.05, 0.1) is 24.2 Å². The van der Waals surface area contributed by atoms with Gasteiger partial charge in [-0.2, -0.15) is 5.26 Å². The van der Waals surface area contributed by atoms with E-state index in [9.17, 15) is 19.4 Å². The lowest BCUT2D eigenvalue weighted by molar-refractivity contribution is 0.0215. The van der Waals surface area contributed by atoms with Gasteiger partial charge in [0.25, 0.3) is 0 Å². The average Bonchev–Trinajstić information content (AvgIpc) is 2.28. The van der Waals surface area contributed by atoms with Gasteiger partial charge in [-0.15, -0.1) is 0 Å². The molecule has 0 amide bonds. The van der Waals surface area contributed by atoms with Gasteiger partial charge in [-0.05, 0) is 17.7 Å². The summed E-state index contributed by atoms with van der Waals surface area (Å²) in [5.41, 5.74) is -0.544. The number of nitrogens with zero attached hydrogens (tertiary/aromatic N) is 1. The lowest BCUT2D eigenvalue weighted by Gasteiger charge is -2.16. The summed E-state index contributed by atoms with van der Waals surface area (Å²) in [5, 5.41) is 36.0. The fourth-order valence-electron chi connectivity index (χ4n) is 1.32. The van der Waals surface area contributed by atoms with Gasteiger partial charge in [0.2, 0.25) is 0 Å². The van der Waals surface area contributed by atoms with Crippen molar-refractivity contribution in [3.8, 4) is 6.07 Å². The number of rotatable bonds is 4. The van der Waals surface area contributed by atoms with Crippen molar-refractivity contribution in [3.05, 3.63) is 35.1 Å². The molecule has 3 N–H and O–H groups in total. The van der Waals surface area contributed by atoms with Crippen molar-refractivity contribution >= 4 is 5.97 Å². The molecule has 0 heterocycles. The van der Waals surface area contributed by atoms with Gasteiger partial charge in [0, 0.05) is 0 Å². The van der Waals surface area contributed by atoms with E-state index in [-0.39, 0.29) is 12.0 Å². The maximum Gasteiger partial charge on any atom is 0.338 e. The number of aliphatic hydroxyl groups excluding tert-OH is 2. The minimum absolute atomic E-state index is 0.0477. The number of benzene rings is 1. The zero-order valence-corrected chi connectivity index (χ0v) is 8.67. The summed E-state index contributed by atoms with van der Waals surface area (Å²) in [7, 11) is 0. The highest BCUT2D eigenvalue weighted by atomic mass is 19.1. The second kappa shape index (κ2) is 5.39. The van der Waals surface area contributed by atoms with Gasteiger partial charge in [0.15, 0.2) is 0 Å².